The van der Waals surface area contributed by atoms with E-state index < -0.39 is 24.2 Å². The van der Waals surface area contributed by atoms with Gasteiger partial charge in [-0.15, -0.1) is 0 Å². The third-order valence-electron chi connectivity index (χ3n) is 4.58. The molecule has 1 atom stereocenters. The molecule has 0 aliphatic heterocycles. The van der Waals surface area contributed by atoms with Crippen LogP contribution in [0.15, 0.2) is 0 Å². The molecule has 2 rings (SSSR count). The van der Waals surface area contributed by atoms with E-state index in [-0.39, 0.29) is 36.7 Å². The highest BCUT2D eigenvalue weighted by Gasteiger charge is 2.54. The molecule has 21 heavy (non-hydrogen) atoms. The van der Waals surface area contributed by atoms with Crippen molar-refractivity contribution in [2.24, 2.45) is 11.3 Å². The van der Waals surface area contributed by atoms with Crippen LogP contribution in [0.3, 0.4) is 0 Å². The average molecular weight is 306 g/mol. The molecule has 0 N–H and O–H groups in total. The maximum Gasteiger partial charge on any atom is 0.490 e. The van der Waals surface area contributed by atoms with E-state index in [9.17, 15) is 27.6 Å². The Morgan fingerprint density at radius 1 is 1.19 bits per heavy atom. The lowest BCUT2D eigenvalue weighted by molar-refractivity contribution is -0.200. The lowest BCUT2D eigenvalue weighted by Gasteiger charge is -2.38. The van der Waals surface area contributed by atoms with Gasteiger partial charge in [-0.1, -0.05) is 12.8 Å². The predicted molar refractivity (Wildman–Crippen MR) is 65.3 cm³/mol. The van der Waals surface area contributed by atoms with E-state index in [0.29, 0.717) is 12.8 Å². The number of rotatable bonds is 3. The second kappa shape index (κ2) is 5.77. The van der Waals surface area contributed by atoms with Crippen molar-refractivity contribution in [1.82, 2.24) is 0 Å². The molecule has 0 bridgehead atoms. The zero-order valence-electron chi connectivity index (χ0n) is 11.5. The molecular formula is C14H17F3O4. The van der Waals surface area contributed by atoms with Gasteiger partial charge in [-0.05, 0) is 25.2 Å². The lowest BCUT2D eigenvalue weighted by Crippen LogP contribution is -2.43. The van der Waals surface area contributed by atoms with Gasteiger partial charge >= 0.3 is 12.1 Å². The smallest absolute Gasteiger partial charge is 0.459 e. The maximum absolute atomic E-state index is 12.1. The third-order valence-corrected chi connectivity index (χ3v) is 4.58. The number of halogens is 3. The van der Waals surface area contributed by atoms with E-state index in [2.05, 4.69) is 4.74 Å². The topological polar surface area (TPSA) is 60.4 Å². The molecule has 0 saturated heterocycles. The Morgan fingerprint density at radius 2 is 1.81 bits per heavy atom. The molecule has 4 nitrogen and oxygen atoms in total. The van der Waals surface area contributed by atoms with Gasteiger partial charge in [0.15, 0.2) is 0 Å². The van der Waals surface area contributed by atoms with Gasteiger partial charge in [0.1, 0.15) is 11.6 Å². The van der Waals surface area contributed by atoms with Gasteiger partial charge in [0.05, 0.1) is 12.0 Å². The molecule has 0 aromatic rings. The molecule has 2 aliphatic carbocycles. The Hall–Kier alpha value is -1.40. The first-order valence-corrected chi connectivity index (χ1v) is 7.09. The van der Waals surface area contributed by atoms with Gasteiger partial charge in [0.2, 0.25) is 0 Å². The van der Waals surface area contributed by atoms with Crippen molar-refractivity contribution in [2.75, 3.05) is 6.61 Å². The van der Waals surface area contributed by atoms with Crippen molar-refractivity contribution < 1.29 is 32.3 Å². The van der Waals surface area contributed by atoms with Crippen LogP contribution in [-0.4, -0.2) is 30.3 Å². The minimum atomic E-state index is -5.01. The summed E-state index contributed by atoms with van der Waals surface area (Å²) in [6.07, 6.45) is -1.75. The summed E-state index contributed by atoms with van der Waals surface area (Å²) in [4.78, 5) is 34.9. The predicted octanol–water partition coefficient (Wildman–Crippen LogP) is 2.59. The molecule has 2 aliphatic rings. The Morgan fingerprint density at radius 3 is 2.38 bits per heavy atom. The molecule has 0 aromatic carbocycles. The van der Waals surface area contributed by atoms with Gasteiger partial charge in [0.25, 0.3) is 0 Å². The normalized spacial score (nSPS) is 25.4. The summed E-state index contributed by atoms with van der Waals surface area (Å²) in [6, 6.07) is 0. The summed E-state index contributed by atoms with van der Waals surface area (Å²) in [5.74, 6) is -2.73. The van der Waals surface area contributed by atoms with Crippen molar-refractivity contribution in [3.63, 3.8) is 0 Å². The van der Waals surface area contributed by atoms with Crippen molar-refractivity contribution in [3.8, 4) is 0 Å². The molecule has 0 aromatic heterocycles. The molecule has 1 unspecified atom stereocenters. The molecule has 0 radical (unpaired) electrons. The third kappa shape index (κ3) is 2.96. The first-order valence-electron chi connectivity index (χ1n) is 7.09. The SMILES string of the molecule is O=C(OCCC1CCCCC12C(=O)CCC2=O)C(F)(F)F. The Kier molecular flexibility index (Phi) is 4.39. The molecule has 2 saturated carbocycles. The van der Waals surface area contributed by atoms with E-state index in [0.717, 1.165) is 12.8 Å². The number of hydrogen-bond donors (Lipinski definition) is 0. The Labute approximate surface area is 120 Å². The minimum Gasteiger partial charge on any atom is -0.459 e. The maximum atomic E-state index is 12.1. The molecule has 0 heterocycles. The standard InChI is InChI=1S/C14H17F3O4/c15-14(16,17)12(20)21-8-6-9-3-1-2-7-13(9)10(18)4-5-11(13)19/h9H,1-8H2. The number of ketones is 2. The molecule has 1 spiro atoms. The molecular weight excluding hydrogens is 289 g/mol. The van der Waals surface area contributed by atoms with Crippen molar-refractivity contribution >= 4 is 17.5 Å². The van der Waals surface area contributed by atoms with Crippen LogP contribution >= 0.6 is 0 Å². The fourth-order valence-electron chi connectivity index (χ4n) is 3.57. The lowest BCUT2D eigenvalue weighted by atomic mass is 9.63. The zero-order chi connectivity index (χ0) is 15.7. The molecule has 7 heteroatoms. The fourth-order valence-corrected chi connectivity index (χ4v) is 3.57. The van der Waals surface area contributed by atoms with Crippen molar-refractivity contribution in [2.45, 2.75) is 51.1 Å². The van der Waals surface area contributed by atoms with E-state index in [4.69, 9.17) is 0 Å². The van der Waals surface area contributed by atoms with Crippen LogP contribution in [0.5, 0.6) is 0 Å². The van der Waals surface area contributed by atoms with Crippen molar-refractivity contribution in [3.05, 3.63) is 0 Å². The highest BCUT2D eigenvalue weighted by Crippen LogP contribution is 2.49. The minimum absolute atomic E-state index is 0.0978. The number of ether oxygens (including phenoxy) is 1. The summed E-state index contributed by atoms with van der Waals surface area (Å²) in [5, 5.41) is 0. The number of Topliss-reactive ketones (excluding diaryl/α,β-unsaturated/α-hetero) is 2. The number of alkyl halides is 3. The van der Waals surface area contributed by atoms with E-state index in [1.54, 1.807) is 0 Å². The van der Waals surface area contributed by atoms with Gasteiger partial charge in [-0.25, -0.2) is 4.79 Å². The van der Waals surface area contributed by atoms with Gasteiger partial charge in [-0.2, -0.15) is 13.2 Å². The molecule has 118 valence electrons. The molecule has 2 fully saturated rings. The Bertz CT molecular complexity index is 440. The summed E-state index contributed by atoms with van der Waals surface area (Å²) < 4.78 is 40.3. The Balaban J connectivity index is 1.99. The highest BCUT2D eigenvalue weighted by atomic mass is 19.4. The van der Waals surface area contributed by atoms with Crippen LogP contribution in [0.2, 0.25) is 0 Å². The van der Waals surface area contributed by atoms with Crippen LogP contribution in [0, 0.1) is 11.3 Å². The largest absolute Gasteiger partial charge is 0.490 e. The summed E-state index contributed by atoms with van der Waals surface area (Å²) in [7, 11) is 0. The molecule has 0 amide bonds. The summed E-state index contributed by atoms with van der Waals surface area (Å²) >= 11 is 0. The number of carbonyl (C=O) groups is 3. The quantitative estimate of drug-likeness (QED) is 0.594. The van der Waals surface area contributed by atoms with Crippen LogP contribution in [0.1, 0.15) is 44.9 Å². The number of hydrogen-bond acceptors (Lipinski definition) is 4. The summed E-state index contributed by atoms with van der Waals surface area (Å²) in [5.41, 5.74) is -1.02. The summed E-state index contributed by atoms with van der Waals surface area (Å²) in [6.45, 7) is -0.411. The second-order valence-corrected chi connectivity index (χ2v) is 5.68. The fraction of sp³-hybridized carbons (Fsp3) is 0.786. The van der Waals surface area contributed by atoms with Gasteiger partial charge in [-0.3, -0.25) is 9.59 Å². The van der Waals surface area contributed by atoms with E-state index in [1.165, 1.54) is 0 Å². The van der Waals surface area contributed by atoms with Gasteiger partial charge in [0, 0.05) is 12.8 Å². The van der Waals surface area contributed by atoms with Crippen LogP contribution in [0.25, 0.3) is 0 Å². The van der Waals surface area contributed by atoms with E-state index in [1.807, 2.05) is 0 Å². The van der Waals surface area contributed by atoms with Crippen LogP contribution in [-0.2, 0) is 19.1 Å². The van der Waals surface area contributed by atoms with E-state index >= 15 is 0 Å². The first-order chi connectivity index (χ1) is 9.78. The number of carbonyl (C=O) groups excluding carboxylic acids is 3. The first kappa shape index (κ1) is 16.0. The monoisotopic (exact) mass is 306 g/mol. The second-order valence-electron chi connectivity index (χ2n) is 5.68. The highest BCUT2D eigenvalue weighted by molar-refractivity contribution is 6.13. The number of esters is 1. The van der Waals surface area contributed by atoms with Crippen molar-refractivity contribution in [1.29, 1.82) is 0 Å². The zero-order valence-corrected chi connectivity index (χ0v) is 11.5. The average Bonchev–Trinajstić information content (AvgIpc) is 2.69. The van der Waals surface area contributed by atoms with Crippen LogP contribution < -0.4 is 0 Å². The van der Waals surface area contributed by atoms with Crippen LogP contribution in [0.4, 0.5) is 13.2 Å². The van der Waals surface area contributed by atoms with Gasteiger partial charge < -0.3 is 4.74 Å².